The van der Waals surface area contributed by atoms with Gasteiger partial charge in [0.25, 0.3) is 0 Å². The van der Waals surface area contributed by atoms with Crippen molar-refractivity contribution < 1.29 is 0 Å². The number of hydrogen-bond donors (Lipinski definition) is 1. The number of thiazole rings is 1. The predicted octanol–water partition coefficient (Wildman–Crippen LogP) is 2.10. The van der Waals surface area contributed by atoms with Gasteiger partial charge in [-0.05, 0) is 29.5 Å². The van der Waals surface area contributed by atoms with Gasteiger partial charge in [0.15, 0.2) is 5.13 Å². The van der Waals surface area contributed by atoms with Gasteiger partial charge in [-0.3, -0.25) is 0 Å². The first-order valence-electron chi connectivity index (χ1n) is 2.54. The molecule has 0 aliphatic carbocycles. The van der Waals surface area contributed by atoms with Crippen LogP contribution in [0.25, 0.3) is 0 Å². The predicted molar refractivity (Wildman–Crippen MR) is 49.1 cm³/mol. The molecule has 0 fully saturated rings. The molecule has 1 aromatic heterocycles. The van der Waals surface area contributed by atoms with E-state index in [2.05, 4.69) is 32.9 Å². The minimum absolute atomic E-state index is 0.997. The zero-order valence-electron chi connectivity index (χ0n) is 5.23. The summed E-state index contributed by atoms with van der Waals surface area (Å²) in [5.41, 5.74) is 1.12. The number of anilines is 1. The van der Waals surface area contributed by atoms with Crippen LogP contribution in [0.1, 0.15) is 5.69 Å². The number of halogens is 1. The summed E-state index contributed by atoms with van der Waals surface area (Å²) in [7, 11) is 1.88. The van der Waals surface area contributed by atoms with Gasteiger partial charge in [0, 0.05) is 7.05 Å². The molecule has 1 aromatic rings. The average molecular weight is 254 g/mol. The zero-order chi connectivity index (χ0) is 6.85. The van der Waals surface area contributed by atoms with Crippen LogP contribution in [-0.2, 0) is 0 Å². The van der Waals surface area contributed by atoms with Gasteiger partial charge in [0.1, 0.15) is 0 Å². The number of nitrogens with zero attached hydrogens (tertiary/aromatic N) is 1. The second-order valence-corrected chi connectivity index (χ2v) is 4.44. The Morgan fingerprint density at radius 1 is 1.67 bits per heavy atom. The molecule has 0 amide bonds. The van der Waals surface area contributed by atoms with E-state index in [-0.39, 0.29) is 0 Å². The molecule has 0 unspecified atom stereocenters. The first-order valence-corrected chi connectivity index (χ1v) is 4.44. The maximum atomic E-state index is 4.23. The molecule has 0 atom stereocenters. The van der Waals surface area contributed by atoms with Crippen molar-refractivity contribution in [3.8, 4) is 0 Å². The zero-order valence-corrected chi connectivity index (χ0v) is 8.21. The lowest BCUT2D eigenvalue weighted by atomic mass is 10.6. The fourth-order valence-electron chi connectivity index (χ4n) is 0.485. The summed E-state index contributed by atoms with van der Waals surface area (Å²) in [5.74, 6) is 0. The van der Waals surface area contributed by atoms with Crippen LogP contribution in [0, 0.1) is 9.81 Å². The molecule has 0 aliphatic rings. The summed E-state index contributed by atoms with van der Waals surface area (Å²) in [5, 5.41) is 3.99. The molecule has 0 bridgehead atoms. The molecule has 1 rings (SSSR count). The van der Waals surface area contributed by atoms with Gasteiger partial charge in [-0.1, -0.05) is 11.3 Å². The third-order valence-electron chi connectivity index (χ3n) is 0.954. The molecule has 0 radical (unpaired) electrons. The SMILES string of the molecule is CNc1nc(C)c(I)s1. The maximum Gasteiger partial charge on any atom is 0.183 e. The Bertz CT molecular complexity index is 189. The van der Waals surface area contributed by atoms with Crippen LogP contribution < -0.4 is 5.32 Å². The number of aromatic nitrogens is 1. The molecule has 4 heteroatoms. The summed E-state index contributed by atoms with van der Waals surface area (Å²) < 4.78 is 1.26. The van der Waals surface area contributed by atoms with Gasteiger partial charge in [-0.15, -0.1) is 0 Å². The van der Waals surface area contributed by atoms with Gasteiger partial charge in [0.05, 0.1) is 8.58 Å². The molecular formula is C5H7IN2S. The molecule has 0 aromatic carbocycles. The van der Waals surface area contributed by atoms with E-state index in [4.69, 9.17) is 0 Å². The summed E-state index contributed by atoms with van der Waals surface area (Å²) in [6, 6.07) is 0. The van der Waals surface area contributed by atoms with Crippen LogP contribution in [0.5, 0.6) is 0 Å². The average Bonchev–Trinajstić information content (AvgIpc) is 2.13. The molecule has 0 aliphatic heterocycles. The van der Waals surface area contributed by atoms with Gasteiger partial charge in [-0.25, -0.2) is 4.98 Å². The molecular weight excluding hydrogens is 247 g/mol. The molecule has 50 valence electrons. The molecule has 0 spiro atoms. The number of aryl methyl sites for hydroxylation is 1. The third kappa shape index (κ3) is 1.54. The van der Waals surface area contributed by atoms with E-state index in [1.54, 1.807) is 11.3 Å². The summed E-state index contributed by atoms with van der Waals surface area (Å²) in [6.07, 6.45) is 0. The van der Waals surface area contributed by atoms with E-state index in [1.165, 1.54) is 2.88 Å². The van der Waals surface area contributed by atoms with Crippen molar-refractivity contribution in [3.05, 3.63) is 8.58 Å². The van der Waals surface area contributed by atoms with Gasteiger partial charge in [-0.2, -0.15) is 0 Å². The first kappa shape index (κ1) is 7.27. The highest BCUT2D eigenvalue weighted by Gasteiger charge is 2.00. The highest BCUT2D eigenvalue weighted by Crippen LogP contribution is 2.22. The van der Waals surface area contributed by atoms with Crippen LogP contribution in [0.4, 0.5) is 5.13 Å². The Labute approximate surface area is 71.8 Å². The van der Waals surface area contributed by atoms with Crippen LogP contribution in [0.2, 0.25) is 0 Å². The standard InChI is InChI=1S/C5H7IN2S/c1-3-4(6)9-5(7-2)8-3/h1-2H3,(H,7,8). The summed E-state index contributed by atoms with van der Waals surface area (Å²) in [6.45, 7) is 2.01. The van der Waals surface area contributed by atoms with Crippen molar-refractivity contribution in [2.45, 2.75) is 6.92 Å². The molecule has 9 heavy (non-hydrogen) atoms. The first-order chi connectivity index (χ1) is 4.24. The number of rotatable bonds is 1. The highest BCUT2D eigenvalue weighted by atomic mass is 127. The second kappa shape index (κ2) is 2.83. The van der Waals surface area contributed by atoms with E-state index in [0.717, 1.165) is 10.8 Å². The number of nitrogens with one attached hydrogen (secondary N) is 1. The maximum absolute atomic E-state index is 4.23. The van der Waals surface area contributed by atoms with Gasteiger partial charge in [0.2, 0.25) is 0 Å². The van der Waals surface area contributed by atoms with E-state index in [1.807, 2.05) is 14.0 Å². The van der Waals surface area contributed by atoms with Crippen LogP contribution in [0.3, 0.4) is 0 Å². The minimum Gasteiger partial charge on any atom is -0.365 e. The lowest BCUT2D eigenvalue weighted by Crippen LogP contribution is -1.84. The lowest BCUT2D eigenvalue weighted by molar-refractivity contribution is 1.24. The van der Waals surface area contributed by atoms with Crippen molar-refractivity contribution in [1.82, 2.24) is 4.98 Å². The monoisotopic (exact) mass is 254 g/mol. The highest BCUT2D eigenvalue weighted by molar-refractivity contribution is 14.1. The van der Waals surface area contributed by atoms with E-state index >= 15 is 0 Å². The Balaban J connectivity index is 2.98. The summed E-state index contributed by atoms with van der Waals surface area (Å²) >= 11 is 3.96. The Kier molecular flexibility index (Phi) is 2.29. The minimum atomic E-state index is 0.997. The summed E-state index contributed by atoms with van der Waals surface area (Å²) in [4.78, 5) is 4.23. The van der Waals surface area contributed by atoms with Crippen molar-refractivity contribution in [1.29, 1.82) is 0 Å². The Morgan fingerprint density at radius 2 is 2.33 bits per heavy atom. The lowest BCUT2D eigenvalue weighted by Gasteiger charge is -1.85. The van der Waals surface area contributed by atoms with E-state index in [9.17, 15) is 0 Å². The normalized spacial score (nSPS) is 9.67. The quantitative estimate of drug-likeness (QED) is 0.776. The fraction of sp³-hybridized carbons (Fsp3) is 0.400. The van der Waals surface area contributed by atoms with Crippen molar-refractivity contribution in [2.24, 2.45) is 0 Å². The molecule has 1 N–H and O–H groups in total. The smallest absolute Gasteiger partial charge is 0.183 e. The second-order valence-electron chi connectivity index (χ2n) is 1.63. The third-order valence-corrected chi connectivity index (χ3v) is 3.36. The van der Waals surface area contributed by atoms with Crippen LogP contribution in [-0.4, -0.2) is 12.0 Å². The molecule has 0 saturated carbocycles. The van der Waals surface area contributed by atoms with E-state index in [0.29, 0.717) is 0 Å². The number of hydrogen-bond acceptors (Lipinski definition) is 3. The van der Waals surface area contributed by atoms with Crippen molar-refractivity contribution in [2.75, 3.05) is 12.4 Å². The molecule has 2 nitrogen and oxygen atoms in total. The largest absolute Gasteiger partial charge is 0.365 e. The van der Waals surface area contributed by atoms with Crippen LogP contribution in [0.15, 0.2) is 0 Å². The van der Waals surface area contributed by atoms with Crippen molar-refractivity contribution in [3.63, 3.8) is 0 Å². The van der Waals surface area contributed by atoms with Gasteiger partial charge >= 0.3 is 0 Å². The van der Waals surface area contributed by atoms with Crippen LogP contribution >= 0.6 is 33.9 Å². The topological polar surface area (TPSA) is 24.9 Å². The molecule has 1 heterocycles. The molecule has 0 saturated heterocycles. The van der Waals surface area contributed by atoms with Gasteiger partial charge < -0.3 is 5.32 Å². The fourth-order valence-corrected chi connectivity index (χ4v) is 1.88. The van der Waals surface area contributed by atoms with E-state index < -0.39 is 0 Å². The van der Waals surface area contributed by atoms with Crippen molar-refractivity contribution >= 4 is 39.1 Å². The Hall–Kier alpha value is 0.160. The Morgan fingerprint density at radius 3 is 2.56 bits per heavy atom.